The molecular formula is C17H19F2N. The summed E-state index contributed by atoms with van der Waals surface area (Å²) in [5, 5.41) is 3.30. The summed E-state index contributed by atoms with van der Waals surface area (Å²) in [4.78, 5) is 0. The van der Waals surface area contributed by atoms with Gasteiger partial charge in [-0.3, -0.25) is 0 Å². The summed E-state index contributed by atoms with van der Waals surface area (Å²) in [7, 11) is 0. The van der Waals surface area contributed by atoms with Crippen molar-refractivity contribution in [1.29, 1.82) is 0 Å². The van der Waals surface area contributed by atoms with Crippen LogP contribution in [0.15, 0.2) is 48.5 Å². The number of benzene rings is 2. The van der Waals surface area contributed by atoms with Gasteiger partial charge in [-0.1, -0.05) is 31.2 Å². The lowest BCUT2D eigenvalue weighted by Crippen LogP contribution is -2.22. The van der Waals surface area contributed by atoms with Gasteiger partial charge in [-0.25, -0.2) is 8.78 Å². The number of hydrogen-bond acceptors (Lipinski definition) is 1. The second kappa shape index (κ2) is 7.15. The van der Waals surface area contributed by atoms with Crippen LogP contribution in [0.4, 0.5) is 8.78 Å². The molecule has 0 amide bonds. The number of hydrogen-bond donors (Lipinski definition) is 1. The Morgan fingerprint density at radius 3 is 2.40 bits per heavy atom. The van der Waals surface area contributed by atoms with Crippen molar-refractivity contribution in [1.82, 2.24) is 5.32 Å². The van der Waals surface area contributed by atoms with Gasteiger partial charge in [0.2, 0.25) is 0 Å². The van der Waals surface area contributed by atoms with Gasteiger partial charge in [-0.2, -0.15) is 0 Å². The van der Waals surface area contributed by atoms with E-state index in [-0.39, 0.29) is 17.6 Å². The van der Waals surface area contributed by atoms with Crippen molar-refractivity contribution in [3.05, 3.63) is 71.3 Å². The molecule has 106 valence electrons. The minimum absolute atomic E-state index is 0.177. The predicted molar refractivity (Wildman–Crippen MR) is 77.8 cm³/mol. The third-order valence-electron chi connectivity index (χ3n) is 3.36. The maximum atomic E-state index is 13.4. The standard InChI is InChI=1S/C17H19F2N/c1-2-20-12-15(14-4-3-5-17(19)11-14)10-13-6-8-16(18)9-7-13/h3-9,11,15,20H,2,10,12H2,1H3. The molecule has 0 saturated heterocycles. The van der Waals surface area contributed by atoms with Crippen molar-refractivity contribution in [2.45, 2.75) is 19.3 Å². The summed E-state index contributed by atoms with van der Waals surface area (Å²) in [5.74, 6) is -0.276. The van der Waals surface area contributed by atoms with Gasteiger partial charge in [-0.05, 0) is 48.4 Å². The van der Waals surface area contributed by atoms with E-state index in [0.29, 0.717) is 0 Å². The molecule has 0 aliphatic heterocycles. The zero-order valence-corrected chi connectivity index (χ0v) is 11.6. The summed E-state index contributed by atoms with van der Waals surface area (Å²) in [6.45, 7) is 3.69. The molecule has 0 aromatic heterocycles. The fraction of sp³-hybridized carbons (Fsp3) is 0.294. The summed E-state index contributed by atoms with van der Waals surface area (Å²) >= 11 is 0. The number of rotatable bonds is 6. The van der Waals surface area contributed by atoms with Crippen LogP contribution in [-0.4, -0.2) is 13.1 Å². The Hall–Kier alpha value is -1.74. The van der Waals surface area contributed by atoms with E-state index >= 15 is 0 Å². The third-order valence-corrected chi connectivity index (χ3v) is 3.36. The van der Waals surface area contributed by atoms with Gasteiger partial charge >= 0.3 is 0 Å². The van der Waals surface area contributed by atoms with Crippen molar-refractivity contribution >= 4 is 0 Å². The van der Waals surface area contributed by atoms with Crippen LogP contribution < -0.4 is 5.32 Å². The smallest absolute Gasteiger partial charge is 0.123 e. The second-order valence-corrected chi connectivity index (χ2v) is 4.89. The topological polar surface area (TPSA) is 12.0 Å². The van der Waals surface area contributed by atoms with Crippen LogP contribution in [0.1, 0.15) is 24.0 Å². The lowest BCUT2D eigenvalue weighted by atomic mass is 9.92. The highest BCUT2D eigenvalue weighted by Crippen LogP contribution is 2.21. The minimum atomic E-state index is -0.234. The molecule has 0 heterocycles. The second-order valence-electron chi connectivity index (χ2n) is 4.89. The Morgan fingerprint density at radius 1 is 1.00 bits per heavy atom. The van der Waals surface area contributed by atoms with Crippen molar-refractivity contribution in [2.75, 3.05) is 13.1 Å². The molecule has 20 heavy (non-hydrogen) atoms. The number of nitrogens with one attached hydrogen (secondary N) is 1. The van der Waals surface area contributed by atoms with Crippen LogP contribution in [0.3, 0.4) is 0 Å². The van der Waals surface area contributed by atoms with E-state index in [1.54, 1.807) is 24.3 Å². The maximum absolute atomic E-state index is 13.4. The molecule has 0 spiro atoms. The molecule has 0 bridgehead atoms. The highest BCUT2D eigenvalue weighted by molar-refractivity contribution is 5.25. The normalized spacial score (nSPS) is 12.3. The molecule has 0 saturated carbocycles. The quantitative estimate of drug-likeness (QED) is 0.843. The van der Waals surface area contributed by atoms with E-state index in [4.69, 9.17) is 0 Å². The van der Waals surface area contributed by atoms with Gasteiger partial charge in [-0.15, -0.1) is 0 Å². The predicted octanol–water partition coefficient (Wildman–Crippen LogP) is 3.90. The largest absolute Gasteiger partial charge is 0.316 e. The molecule has 0 fully saturated rings. The van der Waals surface area contributed by atoms with E-state index in [1.807, 2.05) is 13.0 Å². The van der Waals surface area contributed by atoms with Crippen LogP contribution >= 0.6 is 0 Å². The first-order valence-corrected chi connectivity index (χ1v) is 6.89. The number of likely N-dealkylation sites (N-methyl/N-ethyl adjacent to an activating group) is 1. The molecule has 2 aromatic carbocycles. The minimum Gasteiger partial charge on any atom is -0.316 e. The van der Waals surface area contributed by atoms with Crippen molar-refractivity contribution in [3.63, 3.8) is 0 Å². The van der Waals surface area contributed by atoms with E-state index in [9.17, 15) is 8.78 Å². The summed E-state index contributed by atoms with van der Waals surface area (Å²) in [6, 6.07) is 13.2. The third kappa shape index (κ3) is 4.14. The zero-order valence-electron chi connectivity index (χ0n) is 11.6. The van der Waals surface area contributed by atoms with Gasteiger partial charge in [0, 0.05) is 12.5 Å². The molecule has 1 N–H and O–H groups in total. The maximum Gasteiger partial charge on any atom is 0.123 e. The van der Waals surface area contributed by atoms with Gasteiger partial charge < -0.3 is 5.32 Å². The van der Waals surface area contributed by atoms with Crippen LogP contribution in [-0.2, 0) is 6.42 Å². The van der Waals surface area contributed by atoms with Crippen molar-refractivity contribution in [3.8, 4) is 0 Å². The zero-order chi connectivity index (χ0) is 14.4. The summed E-state index contributed by atoms with van der Waals surface area (Å²) < 4.78 is 26.3. The molecule has 2 rings (SSSR count). The van der Waals surface area contributed by atoms with E-state index in [0.717, 1.165) is 30.6 Å². The summed E-state index contributed by atoms with van der Waals surface area (Å²) in [5.41, 5.74) is 2.02. The summed E-state index contributed by atoms with van der Waals surface area (Å²) in [6.07, 6.45) is 0.761. The Kier molecular flexibility index (Phi) is 5.24. The first-order chi connectivity index (χ1) is 9.69. The molecule has 2 aromatic rings. The molecule has 0 aliphatic rings. The average molecular weight is 275 g/mol. The lowest BCUT2D eigenvalue weighted by molar-refractivity contribution is 0.581. The van der Waals surface area contributed by atoms with E-state index < -0.39 is 0 Å². The number of halogens is 2. The molecule has 1 unspecified atom stereocenters. The van der Waals surface area contributed by atoms with Crippen LogP contribution in [0.25, 0.3) is 0 Å². The highest BCUT2D eigenvalue weighted by atomic mass is 19.1. The lowest BCUT2D eigenvalue weighted by Gasteiger charge is -2.18. The fourth-order valence-electron chi connectivity index (χ4n) is 2.29. The van der Waals surface area contributed by atoms with Crippen LogP contribution in [0.2, 0.25) is 0 Å². The van der Waals surface area contributed by atoms with E-state index in [1.165, 1.54) is 18.2 Å². The van der Waals surface area contributed by atoms with Gasteiger partial charge in [0.15, 0.2) is 0 Å². The Morgan fingerprint density at radius 2 is 1.75 bits per heavy atom. The monoisotopic (exact) mass is 275 g/mol. The Bertz CT molecular complexity index is 537. The molecular weight excluding hydrogens is 256 g/mol. The average Bonchev–Trinajstić information content (AvgIpc) is 2.45. The van der Waals surface area contributed by atoms with Crippen LogP contribution in [0, 0.1) is 11.6 Å². The Labute approximate surface area is 118 Å². The molecule has 0 aliphatic carbocycles. The molecule has 3 heteroatoms. The fourth-order valence-corrected chi connectivity index (χ4v) is 2.29. The molecule has 1 atom stereocenters. The first-order valence-electron chi connectivity index (χ1n) is 6.89. The first kappa shape index (κ1) is 14.7. The van der Waals surface area contributed by atoms with Crippen molar-refractivity contribution in [2.24, 2.45) is 0 Å². The molecule has 0 radical (unpaired) electrons. The van der Waals surface area contributed by atoms with Crippen molar-refractivity contribution < 1.29 is 8.78 Å². The molecule has 1 nitrogen and oxygen atoms in total. The SMILES string of the molecule is CCNCC(Cc1ccc(F)cc1)c1cccc(F)c1. The Balaban J connectivity index is 2.16. The van der Waals surface area contributed by atoms with Crippen LogP contribution in [0.5, 0.6) is 0 Å². The van der Waals surface area contributed by atoms with Gasteiger partial charge in [0.1, 0.15) is 11.6 Å². The van der Waals surface area contributed by atoms with Gasteiger partial charge in [0.05, 0.1) is 0 Å². The van der Waals surface area contributed by atoms with Gasteiger partial charge in [0.25, 0.3) is 0 Å². The highest BCUT2D eigenvalue weighted by Gasteiger charge is 2.13. The van der Waals surface area contributed by atoms with E-state index in [2.05, 4.69) is 5.32 Å².